The fourth-order valence-electron chi connectivity index (χ4n) is 4.22. The van der Waals surface area contributed by atoms with E-state index in [2.05, 4.69) is 0 Å². The number of piperazine rings is 1. The van der Waals surface area contributed by atoms with E-state index in [-0.39, 0.29) is 30.6 Å². The van der Waals surface area contributed by atoms with Crippen LogP contribution in [0.2, 0.25) is 0 Å². The number of alkyl halides is 3. The lowest BCUT2D eigenvalue weighted by Gasteiger charge is -2.55. The van der Waals surface area contributed by atoms with Crippen molar-refractivity contribution in [3.8, 4) is 6.07 Å². The van der Waals surface area contributed by atoms with Gasteiger partial charge in [-0.2, -0.15) is 18.4 Å². The van der Waals surface area contributed by atoms with E-state index in [9.17, 15) is 32.3 Å². The van der Waals surface area contributed by atoms with Crippen LogP contribution in [0, 0.1) is 17.1 Å². The molecule has 2 amide bonds. The Morgan fingerprint density at radius 2 is 1.78 bits per heavy atom. The number of hydrogen-bond acceptors (Lipinski definition) is 4. The zero-order chi connectivity index (χ0) is 23.3. The molecule has 32 heavy (non-hydrogen) atoms. The van der Waals surface area contributed by atoms with E-state index >= 15 is 0 Å². The highest BCUT2D eigenvalue weighted by Gasteiger charge is 2.60. The number of aliphatic hydroxyl groups excluding tert-OH is 1. The van der Waals surface area contributed by atoms with Gasteiger partial charge in [-0.1, -0.05) is 12.1 Å². The zero-order valence-electron chi connectivity index (χ0n) is 16.6. The Morgan fingerprint density at radius 1 is 1.12 bits per heavy atom. The van der Waals surface area contributed by atoms with Crippen LogP contribution in [0.15, 0.2) is 42.5 Å². The molecule has 1 heterocycles. The first-order valence-corrected chi connectivity index (χ1v) is 9.71. The lowest BCUT2D eigenvalue weighted by Crippen LogP contribution is -2.73. The molecule has 0 aromatic heterocycles. The largest absolute Gasteiger partial charge is 0.416 e. The van der Waals surface area contributed by atoms with E-state index in [0.29, 0.717) is 5.56 Å². The third-order valence-electron chi connectivity index (χ3n) is 5.89. The fraction of sp³-hybridized carbons (Fsp3) is 0.318. The van der Waals surface area contributed by atoms with Gasteiger partial charge in [-0.25, -0.2) is 4.39 Å². The maximum atomic E-state index is 14.5. The minimum absolute atomic E-state index is 0.0553. The summed E-state index contributed by atoms with van der Waals surface area (Å²) < 4.78 is 53.0. The molecule has 1 aliphatic heterocycles. The maximum Gasteiger partial charge on any atom is 0.416 e. The summed E-state index contributed by atoms with van der Waals surface area (Å²) in [6.45, 7) is -0.598. The highest BCUT2D eigenvalue weighted by Crippen LogP contribution is 2.44. The van der Waals surface area contributed by atoms with Gasteiger partial charge in [0, 0.05) is 19.4 Å². The first kappa shape index (κ1) is 21.8. The third kappa shape index (κ3) is 3.58. The number of nitriles is 1. The second-order valence-corrected chi connectivity index (χ2v) is 7.94. The van der Waals surface area contributed by atoms with Crippen molar-refractivity contribution in [3.05, 3.63) is 65.0 Å². The van der Waals surface area contributed by atoms with Gasteiger partial charge in [0.05, 0.1) is 29.0 Å². The summed E-state index contributed by atoms with van der Waals surface area (Å²) in [6.07, 6.45) is -5.47. The van der Waals surface area contributed by atoms with Crippen LogP contribution in [0.4, 0.5) is 23.2 Å². The maximum absolute atomic E-state index is 14.5. The number of amides is 2. The minimum atomic E-state index is -4.50. The predicted molar refractivity (Wildman–Crippen MR) is 103 cm³/mol. The molecule has 1 aliphatic carbocycles. The van der Waals surface area contributed by atoms with Crippen molar-refractivity contribution in [1.82, 2.24) is 4.90 Å². The monoisotopic (exact) mass is 447 g/mol. The number of hydrogen-bond donors (Lipinski definition) is 1. The lowest BCUT2D eigenvalue weighted by atomic mass is 9.70. The summed E-state index contributed by atoms with van der Waals surface area (Å²) in [6, 6.07) is 9.57. The van der Waals surface area contributed by atoms with Crippen LogP contribution in [0.3, 0.4) is 0 Å². The van der Waals surface area contributed by atoms with Crippen molar-refractivity contribution in [1.29, 1.82) is 5.26 Å². The van der Waals surface area contributed by atoms with Gasteiger partial charge < -0.3 is 10.0 Å². The molecule has 166 valence electrons. The molecule has 2 aliphatic rings. The van der Waals surface area contributed by atoms with Crippen molar-refractivity contribution in [3.63, 3.8) is 0 Å². The first-order chi connectivity index (χ1) is 15.0. The average Bonchev–Trinajstić information content (AvgIpc) is 2.72. The van der Waals surface area contributed by atoms with Gasteiger partial charge in [0.15, 0.2) is 0 Å². The topological polar surface area (TPSA) is 84.6 Å². The van der Waals surface area contributed by atoms with Gasteiger partial charge in [0.25, 0.3) is 5.91 Å². The Bertz CT molecular complexity index is 1120. The molecule has 2 fully saturated rings. The van der Waals surface area contributed by atoms with E-state index in [1.165, 1.54) is 29.2 Å². The van der Waals surface area contributed by atoms with Gasteiger partial charge in [0.1, 0.15) is 17.9 Å². The highest BCUT2D eigenvalue weighted by molar-refractivity contribution is 6.09. The van der Waals surface area contributed by atoms with Crippen LogP contribution in [0.25, 0.3) is 0 Å². The Labute approximate surface area is 180 Å². The fourth-order valence-corrected chi connectivity index (χ4v) is 4.22. The molecule has 1 spiro atoms. The van der Waals surface area contributed by atoms with Crippen molar-refractivity contribution < 1.29 is 32.3 Å². The van der Waals surface area contributed by atoms with Crippen LogP contribution < -0.4 is 4.90 Å². The number of benzene rings is 2. The quantitative estimate of drug-likeness (QED) is 0.734. The molecule has 0 radical (unpaired) electrons. The summed E-state index contributed by atoms with van der Waals surface area (Å²) in [5, 5.41) is 18.8. The molecule has 1 N–H and O–H groups in total. The number of rotatable bonds is 3. The summed E-state index contributed by atoms with van der Waals surface area (Å²) in [5.74, 6) is -1.95. The standard InChI is InChI=1S/C22H17F4N3O3/c23-17-7-14(10-27)3-6-18(17)28-12-19(31)29(21(20(28)32)8-16(30)9-21)11-13-1-4-15(5-2-13)22(24,25)26/h1-7,16,30H,8-9,11-12H2/t16-,21+. The molecule has 2 aromatic rings. The third-order valence-corrected chi connectivity index (χ3v) is 5.89. The number of nitrogens with zero attached hydrogens (tertiary/aromatic N) is 3. The lowest BCUT2D eigenvalue weighted by molar-refractivity contribution is -0.167. The molecule has 2 aromatic carbocycles. The summed E-state index contributed by atoms with van der Waals surface area (Å²) in [7, 11) is 0. The molecule has 4 rings (SSSR count). The molecule has 6 nitrogen and oxygen atoms in total. The molecule has 0 bridgehead atoms. The van der Waals surface area contributed by atoms with E-state index in [0.717, 1.165) is 23.1 Å². The molecular weight excluding hydrogens is 430 g/mol. The second-order valence-electron chi connectivity index (χ2n) is 7.94. The molecule has 1 saturated carbocycles. The van der Waals surface area contributed by atoms with Gasteiger partial charge in [-0.15, -0.1) is 0 Å². The SMILES string of the molecule is N#Cc1ccc(N2CC(=O)N(Cc3ccc(C(F)(F)F)cc3)[C@]3(C[C@@H](O)C3)C2=O)c(F)c1. The molecule has 0 unspecified atom stereocenters. The van der Waals surface area contributed by atoms with Crippen LogP contribution in [-0.4, -0.2) is 40.0 Å². The van der Waals surface area contributed by atoms with Crippen LogP contribution in [-0.2, 0) is 22.3 Å². The Kier molecular flexibility index (Phi) is 5.17. The molecule has 10 heteroatoms. The van der Waals surface area contributed by atoms with Crippen LogP contribution in [0.5, 0.6) is 0 Å². The van der Waals surface area contributed by atoms with Crippen molar-refractivity contribution in [2.45, 2.75) is 37.2 Å². The number of carbonyl (C=O) groups excluding carboxylic acids is 2. The van der Waals surface area contributed by atoms with E-state index in [1.807, 2.05) is 0 Å². The van der Waals surface area contributed by atoms with Gasteiger partial charge >= 0.3 is 6.18 Å². The normalized spacial score (nSPS) is 23.3. The molecule has 0 atom stereocenters. The van der Waals surface area contributed by atoms with E-state index in [1.54, 1.807) is 6.07 Å². The van der Waals surface area contributed by atoms with Gasteiger partial charge in [-0.3, -0.25) is 14.5 Å². The van der Waals surface area contributed by atoms with Gasteiger partial charge in [-0.05, 0) is 35.9 Å². The summed E-state index contributed by atoms with van der Waals surface area (Å²) in [4.78, 5) is 28.6. The highest BCUT2D eigenvalue weighted by atomic mass is 19.4. The summed E-state index contributed by atoms with van der Waals surface area (Å²) in [5.41, 5.74) is -1.97. The van der Waals surface area contributed by atoms with Crippen molar-refractivity contribution in [2.75, 3.05) is 11.4 Å². The number of aliphatic hydroxyl groups is 1. The van der Waals surface area contributed by atoms with Crippen LogP contribution >= 0.6 is 0 Å². The first-order valence-electron chi connectivity index (χ1n) is 9.71. The van der Waals surface area contributed by atoms with Crippen LogP contribution in [0.1, 0.15) is 29.5 Å². The summed E-state index contributed by atoms with van der Waals surface area (Å²) >= 11 is 0. The Hall–Kier alpha value is -3.45. The number of halogens is 4. The van der Waals surface area contributed by atoms with Crippen molar-refractivity contribution >= 4 is 17.5 Å². The molecule has 1 saturated heterocycles. The minimum Gasteiger partial charge on any atom is -0.393 e. The predicted octanol–water partition coefficient (Wildman–Crippen LogP) is 2.99. The van der Waals surface area contributed by atoms with Gasteiger partial charge in [0.2, 0.25) is 5.91 Å². The Balaban J connectivity index is 1.64. The zero-order valence-corrected chi connectivity index (χ0v) is 16.6. The van der Waals surface area contributed by atoms with E-state index in [4.69, 9.17) is 5.26 Å². The molecular formula is C22H17F4N3O3. The van der Waals surface area contributed by atoms with Crippen molar-refractivity contribution in [2.24, 2.45) is 0 Å². The smallest absolute Gasteiger partial charge is 0.393 e. The number of carbonyl (C=O) groups is 2. The average molecular weight is 447 g/mol. The number of anilines is 1. The Morgan fingerprint density at radius 3 is 2.31 bits per heavy atom. The van der Waals surface area contributed by atoms with E-state index < -0.39 is 47.6 Å². The second kappa shape index (κ2) is 7.60.